The molecule has 0 unspecified atom stereocenters. The van der Waals surface area contributed by atoms with Gasteiger partial charge in [-0.1, -0.05) is 69.3 Å². The van der Waals surface area contributed by atoms with E-state index in [0.29, 0.717) is 11.6 Å². The van der Waals surface area contributed by atoms with E-state index in [1.54, 1.807) is 6.07 Å². The third-order valence-electron chi connectivity index (χ3n) is 8.29. The zero-order valence-electron chi connectivity index (χ0n) is 24.2. The summed E-state index contributed by atoms with van der Waals surface area (Å²) < 4.78 is 8.49. The number of benzene rings is 4. The summed E-state index contributed by atoms with van der Waals surface area (Å²) in [6, 6.07) is 36.8. The molecule has 0 bridgehead atoms. The lowest BCUT2D eigenvalue weighted by Gasteiger charge is -2.21. The minimum absolute atomic E-state index is 0.0580. The number of fused-ring (bicyclic) bond motifs is 5. The van der Waals surface area contributed by atoms with Crippen LogP contribution in [0.4, 0.5) is 0 Å². The van der Waals surface area contributed by atoms with Gasteiger partial charge in [0.1, 0.15) is 11.4 Å². The van der Waals surface area contributed by atoms with Gasteiger partial charge in [0.25, 0.3) is 0 Å². The van der Waals surface area contributed by atoms with Crippen molar-refractivity contribution in [2.75, 3.05) is 0 Å². The molecule has 5 heteroatoms. The highest BCUT2D eigenvalue weighted by Crippen LogP contribution is 2.45. The summed E-state index contributed by atoms with van der Waals surface area (Å²) in [7, 11) is 0. The molecule has 0 atom stereocenters. The molecule has 7 aromatic rings. The molecule has 0 radical (unpaired) electrons. The lowest BCUT2D eigenvalue weighted by molar-refractivity contribution is 0.473. The zero-order valence-corrected chi connectivity index (χ0v) is 24.2. The van der Waals surface area contributed by atoms with Crippen molar-refractivity contribution in [1.82, 2.24) is 14.5 Å². The van der Waals surface area contributed by atoms with Crippen LogP contribution in [0.2, 0.25) is 0 Å². The lowest BCUT2D eigenvalue weighted by atomic mass is 9.84. The number of nitrogens with zero attached hydrogens (tertiary/aromatic N) is 3. The SMILES string of the molecule is CC(C)(C)c1ccc(O)c(-c2cc(-c3ccccc3)cc(-c3ccc4c(n3)-n3c5ncccc5c5cccc(c53)O4)c2)c1. The van der Waals surface area contributed by atoms with Gasteiger partial charge in [-0.2, -0.15) is 0 Å². The Balaban J connectivity index is 1.36. The van der Waals surface area contributed by atoms with Gasteiger partial charge in [-0.15, -0.1) is 0 Å². The summed E-state index contributed by atoms with van der Waals surface area (Å²) in [6.07, 6.45) is 1.82. The maximum Gasteiger partial charge on any atom is 0.183 e. The second kappa shape index (κ2) is 9.30. The molecule has 0 fully saturated rings. The lowest BCUT2D eigenvalue weighted by Crippen LogP contribution is -2.10. The monoisotopic (exact) mass is 559 g/mol. The van der Waals surface area contributed by atoms with Crippen molar-refractivity contribution in [3.05, 3.63) is 121 Å². The molecule has 43 heavy (non-hydrogen) atoms. The number of hydrogen-bond donors (Lipinski definition) is 1. The molecular weight excluding hydrogens is 530 g/mol. The zero-order chi connectivity index (χ0) is 29.3. The second-order valence-electron chi connectivity index (χ2n) is 12.1. The number of pyridine rings is 2. The molecule has 5 nitrogen and oxygen atoms in total. The van der Waals surface area contributed by atoms with E-state index in [-0.39, 0.29) is 11.2 Å². The highest BCUT2D eigenvalue weighted by atomic mass is 16.5. The Bertz CT molecular complexity index is 2210. The first-order valence-corrected chi connectivity index (χ1v) is 14.5. The number of para-hydroxylation sites is 1. The first-order valence-electron chi connectivity index (χ1n) is 14.5. The average molecular weight is 560 g/mol. The van der Waals surface area contributed by atoms with Crippen LogP contribution in [-0.4, -0.2) is 19.6 Å². The van der Waals surface area contributed by atoms with Gasteiger partial charge in [0.05, 0.1) is 11.2 Å². The fraction of sp³-hybridized carbons (Fsp3) is 0.105. The van der Waals surface area contributed by atoms with Gasteiger partial charge in [0.15, 0.2) is 17.3 Å². The quantitative estimate of drug-likeness (QED) is 0.234. The summed E-state index contributed by atoms with van der Waals surface area (Å²) in [5, 5.41) is 13.2. The molecule has 1 aliphatic rings. The summed E-state index contributed by atoms with van der Waals surface area (Å²) in [5.41, 5.74) is 8.53. The van der Waals surface area contributed by atoms with Crippen LogP contribution < -0.4 is 4.74 Å². The number of hydrogen-bond acceptors (Lipinski definition) is 4. The molecule has 208 valence electrons. The van der Waals surface area contributed by atoms with Crippen molar-refractivity contribution >= 4 is 21.9 Å². The molecule has 1 aliphatic heterocycles. The van der Waals surface area contributed by atoms with Crippen LogP contribution in [-0.2, 0) is 5.41 Å². The van der Waals surface area contributed by atoms with E-state index in [2.05, 4.69) is 73.9 Å². The summed E-state index contributed by atoms with van der Waals surface area (Å²) in [4.78, 5) is 9.96. The molecule has 8 rings (SSSR count). The molecule has 3 aromatic heterocycles. The smallest absolute Gasteiger partial charge is 0.183 e. The first kappa shape index (κ1) is 25.3. The van der Waals surface area contributed by atoms with Crippen LogP contribution in [0.3, 0.4) is 0 Å². The number of rotatable bonds is 3. The van der Waals surface area contributed by atoms with Crippen LogP contribution in [0.25, 0.3) is 61.3 Å². The van der Waals surface area contributed by atoms with Gasteiger partial charge in [0, 0.05) is 28.1 Å². The molecule has 0 saturated carbocycles. The van der Waals surface area contributed by atoms with Gasteiger partial charge in [-0.3, -0.25) is 4.57 Å². The Labute approximate surface area is 249 Å². The van der Waals surface area contributed by atoms with E-state index in [4.69, 9.17) is 14.7 Å². The van der Waals surface area contributed by atoms with Crippen LogP contribution in [0.15, 0.2) is 115 Å². The standard InChI is InChI=1S/C38H29N3O2/c1-38(2,3)27-14-16-32(42)30(22-27)25-19-24(23-9-5-4-6-10-23)20-26(21-25)31-15-17-34-37(40-31)41-35-28(11-7-13-33(35)43-34)29-12-8-18-39-36(29)41/h4-22,42H,1-3H3. The molecular formula is C38H29N3O2. The predicted octanol–water partition coefficient (Wildman–Crippen LogP) is 9.68. The highest BCUT2D eigenvalue weighted by Gasteiger charge is 2.26. The topological polar surface area (TPSA) is 60.2 Å². The summed E-state index contributed by atoms with van der Waals surface area (Å²) in [6.45, 7) is 6.55. The maximum absolute atomic E-state index is 11.0. The number of aromatic hydroxyl groups is 1. The van der Waals surface area contributed by atoms with E-state index in [0.717, 1.165) is 66.8 Å². The minimum Gasteiger partial charge on any atom is -0.507 e. The second-order valence-corrected chi connectivity index (χ2v) is 12.1. The Morgan fingerprint density at radius 3 is 2.30 bits per heavy atom. The van der Waals surface area contributed by atoms with Crippen molar-refractivity contribution in [2.45, 2.75) is 26.2 Å². The molecule has 0 saturated heterocycles. The van der Waals surface area contributed by atoms with Crippen molar-refractivity contribution in [1.29, 1.82) is 0 Å². The molecule has 0 aliphatic carbocycles. The van der Waals surface area contributed by atoms with Gasteiger partial charge >= 0.3 is 0 Å². The van der Waals surface area contributed by atoms with Crippen LogP contribution >= 0.6 is 0 Å². The number of ether oxygens (including phenoxy) is 1. The molecule has 4 heterocycles. The number of phenols is 1. The van der Waals surface area contributed by atoms with Crippen LogP contribution in [0, 0.1) is 0 Å². The molecule has 0 amide bonds. The highest BCUT2D eigenvalue weighted by molar-refractivity contribution is 6.10. The third kappa shape index (κ3) is 4.08. The van der Waals surface area contributed by atoms with E-state index in [1.165, 1.54) is 0 Å². The Morgan fingerprint density at radius 1 is 0.674 bits per heavy atom. The minimum atomic E-state index is -0.0580. The normalized spacial score (nSPS) is 12.3. The summed E-state index contributed by atoms with van der Waals surface area (Å²) >= 11 is 0. The average Bonchev–Trinajstić information content (AvgIpc) is 3.37. The Hall–Kier alpha value is -5.42. The number of phenolic OH excluding ortho intramolecular Hbond substituents is 1. The predicted molar refractivity (Wildman–Crippen MR) is 173 cm³/mol. The third-order valence-corrected chi connectivity index (χ3v) is 8.29. The van der Waals surface area contributed by atoms with E-state index < -0.39 is 0 Å². The van der Waals surface area contributed by atoms with Crippen molar-refractivity contribution in [3.8, 4) is 56.6 Å². The first-order chi connectivity index (χ1) is 20.8. The number of aromatic nitrogens is 3. The van der Waals surface area contributed by atoms with Crippen LogP contribution in [0.1, 0.15) is 26.3 Å². The fourth-order valence-corrected chi connectivity index (χ4v) is 6.07. The van der Waals surface area contributed by atoms with Gasteiger partial charge in [-0.25, -0.2) is 9.97 Å². The van der Waals surface area contributed by atoms with E-state index >= 15 is 0 Å². The van der Waals surface area contributed by atoms with Crippen molar-refractivity contribution < 1.29 is 9.84 Å². The van der Waals surface area contributed by atoms with Crippen LogP contribution in [0.5, 0.6) is 17.2 Å². The Morgan fingerprint density at radius 2 is 1.47 bits per heavy atom. The fourth-order valence-electron chi connectivity index (χ4n) is 6.07. The van der Waals surface area contributed by atoms with Gasteiger partial charge in [0.2, 0.25) is 0 Å². The van der Waals surface area contributed by atoms with Gasteiger partial charge < -0.3 is 9.84 Å². The Kier molecular flexibility index (Phi) is 5.47. The largest absolute Gasteiger partial charge is 0.507 e. The van der Waals surface area contributed by atoms with Gasteiger partial charge in [-0.05, 0) is 88.3 Å². The summed E-state index contributed by atoms with van der Waals surface area (Å²) in [5.74, 6) is 2.43. The van der Waals surface area contributed by atoms with Crippen molar-refractivity contribution in [3.63, 3.8) is 0 Å². The molecule has 4 aromatic carbocycles. The van der Waals surface area contributed by atoms with Crippen molar-refractivity contribution in [2.24, 2.45) is 0 Å². The van der Waals surface area contributed by atoms with E-state index in [1.807, 2.05) is 60.8 Å². The molecule has 0 spiro atoms. The molecule has 1 N–H and O–H groups in total. The van der Waals surface area contributed by atoms with E-state index in [9.17, 15) is 5.11 Å². The maximum atomic E-state index is 11.0.